The van der Waals surface area contributed by atoms with E-state index in [0.717, 1.165) is 19.3 Å². The molecule has 1 amide bonds. The molecule has 0 fully saturated rings. The molecule has 6 nitrogen and oxygen atoms in total. The number of nitrogens with one attached hydrogen (secondary N) is 1. The van der Waals surface area contributed by atoms with Gasteiger partial charge in [-0.1, -0.05) is 11.6 Å². The fourth-order valence-electron chi connectivity index (χ4n) is 2.97. The first-order valence-corrected chi connectivity index (χ1v) is 8.49. The number of benzene rings is 1. The van der Waals surface area contributed by atoms with E-state index in [1.165, 1.54) is 29.3 Å². The van der Waals surface area contributed by atoms with Gasteiger partial charge in [0.05, 0.1) is 11.9 Å². The largest absolute Gasteiger partial charge is 0.382 e. The van der Waals surface area contributed by atoms with E-state index in [9.17, 15) is 4.79 Å². The normalized spacial score (nSPS) is 13.8. The van der Waals surface area contributed by atoms with Crippen LogP contribution in [0.15, 0.2) is 42.1 Å². The summed E-state index contributed by atoms with van der Waals surface area (Å²) < 4.78 is 1.48. The fourth-order valence-corrected chi connectivity index (χ4v) is 2.97. The van der Waals surface area contributed by atoms with Crippen molar-refractivity contribution < 1.29 is 4.79 Å². The summed E-state index contributed by atoms with van der Waals surface area (Å²) in [5, 5.41) is 16.0. The summed E-state index contributed by atoms with van der Waals surface area (Å²) in [6.07, 6.45) is 9.49. The van der Waals surface area contributed by atoms with Gasteiger partial charge in [-0.2, -0.15) is 10.4 Å². The van der Waals surface area contributed by atoms with Crippen molar-refractivity contribution in [2.75, 3.05) is 12.3 Å². The number of nitriles is 1. The highest BCUT2D eigenvalue weighted by atomic mass is 16.1. The minimum absolute atomic E-state index is 0.0888. The first-order valence-electron chi connectivity index (χ1n) is 8.49. The van der Waals surface area contributed by atoms with Crippen molar-refractivity contribution >= 4 is 11.7 Å². The quantitative estimate of drug-likeness (QED) is 0.821. The van der Waals surface area contributed by atoms with E-state index in [-0.39, 0.29) is 5.91 Å². The Morgan fingerprint density at radius 2 is 2.12 bits per heavy atom. The summed E-state index contributed by atoms with van der Waals surface area (Å²) in [7, 11) is 0. The lowest BCUT2D eigenvalue weighted by Crippen LogP contribution is -2.24. The molecule has 3 N–H and O–H groups in total. The number of nitrogen functional groups attached to an aromatic ring is 1. The van der Waals surface area contributed by atoms with Crippen molar-refractivity contribution in [3.63, 3.8) is 0 Å². The summed E-state index contributed by atoms with van der Waals surface area (Å²) in [6.45, 7) is 0.657. The van der Waals surface area contributed by atoms with Gasteiger partial charge in [0.1, 0.15) is 17.5 Å². The van der Waals surface area contributed by atoms with Crippen LogP contribution in [-0.2, 0) is 0 Å². The van der Waals surface area contributed by atoms with Crippen molar-refractivity contribution in [2.45, 2.75) is 32.1 Å². The first-order chi connectivity index (χ1) is 12.2. The molecule has 1 aromatic heterocycles. The summed E-state index contributed by atoms with van der Waals surface area (Å²) in [6, 6.07) is 8.99. The third-order valence-corrected chi connectivity index (χ3v) is 4.42. The smallest absolute Gasteiger partial charge is 0.251 e. The summed E-state index contributed by atoms with van der Waals surface area (Å²) in [5.74, 6) is 0.203. The Kier molecular flexibility index (Phi) is 5.14. The first kappa shape index (κ1) is 16.8. The lowest BCUT2D eigenvalue weighted by Gasteiger charge is -2.13. The number of amides is 1. The number of nitrogens with zero attached hydrogens (tertiary/aromatic N) is 3. The summed E-state index contributed by atoms with van der Waals surface area (Å²) in [5.41, 5.74) is 8.96. The van der Waals surface area contributed by atoms with Gasteiger partial charge in [0, 0.05) is 12.1 Å². The van der Waals surface area contributed by atoms with Crippen molar-refractivity contribution in [2.24, 2.45) is 0 Å². The predicted octanol–water partition coefficient (Wildman–Crippen LogP) is 2.95. The Labute approximate surface area is 146 Å². The highest BCUT2D eigenvalue weighted by molar-refractivity contribution is 5.94. The number of hydrogen-bond donors (Lipinski definition) is 2. The van der Waals surface area contributed by atoms with E-state index in [1.54, 1.807) is 24.3 Å². The molecule has 1 heterocycles. The molecule has 25 heavy (non-hydrogen) atoms. The molecule has 0 bridgehead atoms. The Morgan fingerprint density at radius 1 is 1.32 bits per heavy atom. The molecule has 2 aromatic rings. The highest BCUT2D eigenvalue weighted by Crippen LogP contribution is 2.20. The van der Waals surface area contributed by atoms with Crippen molar-refractivity contribution in [3.05, 3.63) is 53.2 Å². The maximum atomic E-state index is 12.2. The van der Waals surface area contributed by atoms with Gasteiger partial charge in [-0.25, -0.2) is 4.68 Å². The summed E-state index contributed by atoms with van der Waals surface area (Å²) in [4.78, 5) is 12.2. The third-order valence-electron chi connectivity index (χ3n) is 4.42. The van der Waals surface area contributed by atoms with Gasteiger partial charge < -0.3 is 11.1 Å². The van der Waals surface area contributed by atoms with Crippen LogP contribution in [0.25, 0.3) is 5.69 Å². The molecule has 1 aliphatic carbocycles. The number of carbonyl (C=O) groups excluding carboxylic acids is 1. The van der Waals surface area contributed by atoms with Gasteiger partial charge in [-0.15, -0.1) is 0 Å². The zero-order valence-corrected chi connectivity index (χ0v) is 14.0. The second-order valence-corrected chi connectivity index (χ2v) is 6.13. The third kappa shape index (κ3) is 3.89. The van der Waals surface area contributed by atoms with Gasteiger partial charge >= 0.3 is 0 Å². The second kappa shape index (κ2) is 7.67. The standard InChI is InChI=1S/C19H21N5O/c20-12-16-13-23-24(18(16)21)17-8-6-15(7-9-17)19(25)22-11-10-14-4-2-1-3-5-14/h4,6-9,13H,1-3,5,10-11,21H2,(H,22,25). The number of carbonyl (C=O) groups is 1. The van der Waals surface area contributed by atoms with E-state index in [2.05, 4.69) is 16.5 Å². The number of nitrogens with two attached hydrogens (primary N) is 1. The molecule has 0 unspecified atom stereocenters. The van der Waals surface area contributed by atoms with Crippen LogP contribution >= 0.6 is 0 Å². The average Bonchev–Trinajstić information content (AvgIpc) is 3.03. The lowest BCUT2D eigenvalue weighted by molar-refractivity contribution is 0.0954. The van der Waals surface area contributed by atoms with Crippen molar-refractivity contribution in [1.29, 1.82) is 5.26 Å². The van der Waals surface area contributed by atoms with E-state index < -0.39 is 0 Å². The minimum atomic E-state index is -0.0888. The molecule has 1 aliphatic rings. The van der Waals surface area contributed by atoms with E-state index in [4.69, 9.17) is 11.0 Å². The maximum absolute atomic E-state index is 12.2. The highest BCUT2D eigenvalue weighted by Gasteiger charge is 2.10. The number of anilines is 1. The van der Waals surface area contributed by atoms with Gasteiger partial charge in [0.25, 0.3) is 5.91 Å². The van der Waals surface area contributed by atoms with Gasteiger partial charge in [-0.05, 0) is 56.4 Å². The Hall–Kier alpha value is -3.07. The predicted molar refractivity (Wildman–Crippen MR) is 96.2 cm³/mol. The van der Waals surface area contributed by atoms with Gasteiger partial charge in [0.15, 0.2) is 0 Å². The molecule has 6 heteroatoms. The molecule has 1 aromatic carbocycles. The number of rotatable bonds is 5. The van der Waals surface area contributed by atoms with Gasteiger partial charge in [-0.3, -0.25) is 4.79 Å². The Balaban J connectivity index is 1.59. The van der Waals surface area contributed by atoms with Crippen LogP contribution in [0, 0.1) is 11.3 Å². The monoisotopic (exact) mass is 335 g/mol. The maximum Gasteiger partial charge on any atom is 0.251 e. The molecular weight excluding hydrogens is 314 g/mol. The number of allylic oxidation sites excluding steroid dienone is 1. The van der Waals surface area contributed by atoms with Crippen LogP contribution in [0.3, 0.4) is 0 Å². The SMILES string of the molecule is N#Cc1cnn(-c2ccc(C(=O)NCCC3=CCCCC3)cc2)c1N. The van der Waals surface area contributed by atoms with Crippen LogP contribution in [0.1, 0.15) is 48.0 Å². The molecule has 0 radical (unpaired) electrons. The van der Waals surface area contributed by atoms with E-state index in [0.29, 0.717) is 29.2 Å². The zero-order valence-electron chi connectivity index (χ0n) is 14.0. The lowest BCUT2D eigenvalue weighted by atomic mass is 9.97. The van der Waals surface area contributed by atoms with Crippen LogP contribution < -0.4 is 11.1 Å². The molecule has 0 aliphatic heterocycles. The van der Waals surface area contributed by atoms with E-state index >= 15 is 0 Å². The number of aromatic nitrogens is 2. The van der Waals surface area contributed by atoms with Crippen LogP contribution in [-0.4, -0.2) is 22.2 Å². The molecule has 0 saturated heterocycles. The molecule has 3 rings (SSSR count). The van der Waals surface area contributed by atoms with Crippen LogP contribution in [0.5, 0.6) is 0 Å². The fraction of sp³-hybridized carbons (Fsp3) is 0.316. The second-order valence-electron chi connectivity index (χ2n) is 6.13. The molecule has 128 valence electrons. The summed E-state index contributed by atoms with van der Waals surface area (Å²) >= 11 is 0. The molecular formula is C19H21N5O. The van der Waals surface area contributed by atoms with Crippen molar-refractivity contribution in [1.82, 2.24) is 15.1 Å². The van der Waals surface area contributed by atoms with Crippen LogP contribution in [0.2, 0.25) is 0 Å². The Bertz CT molecular complexity index is 826. The Morgan fingerprint density at radius 3 is 2.76 bits per heavy atom. The molecule has 0 spiro atoms. The van der Waals surface area contributed by atoms with Gasteiger partial charge in [0.2, 0.25) is 0 Å². The molecule has 0 atom stereocenters. The van der Waals surface area contributed by atoms with E-state index in [1.807, 2.05) is 6.07 Å². The minimum Gasteiger partial charge on any atom is -0.382 e. The average molecular weight is 335 g/mol. The number of hydrogen-bond acceptors (Lipinski definition) is 4. The zero-order chi connectivity index (χ0) is 17.6. The molecule has 0 saturated carbocycles. The van der Waals surface area contributed by atoms with Crippen molar-refractivity contribution in [3.8, 4) is 11.8 Å². The topological polar surface area (TPSA) is 96.7 Å². The van der Waals surface area contributed by atoms with Crippen LogP contribution in [0.4, 0.5) is 5.82 Å².